The molecular formula is C21H20Cl2F5N7OS. The molecule has 0 bridgehead atoms. The molecule has 1 fully saturated rings. The SMILES string of the molecule is CN1CCN(c2cccc(Oc3nc(NSc4cnn(C)c4)nc(Cl)c3C(F)(F)C(F)(F)F)c2Cl)CC1. The van der Waals surface area contributed by atoms with Crippen LogP contribution in [0.1, 0.15) is 5.56 Å². The molecule has 0 radical (unpaired) electrons. The highest BCUT2D eigenvalue weighted by molar-refractivity contribution is 8.00. The molecule has 1 saturated heterocycles. The lowest BCUT2D eigenvalue weighted by Gasteiger charge is -2.34. The maximum Gasteiger partial charge on any atom is 0.458 e. The van der Waals surface area contributed by atoms with Gasteiger partial charge in [0.1, 0.15) is 21.5 Å². The molecule has 0 aliphatic carbocycles. The number of ether oxygens (including phenoxy) is 1. The molecule has 37 heavy (non-hydrogen) atoms. The second-order valence-corrected chi connectivity index (χ2v) is 9.74. The summed E-state index contributed by atoms with van der Waals surface area (Å²) in [5, 5.41) is 2.87. The summed E-state index contributed by atoms with van der Waals surface area (Å²) in [6.45, 7) is 2.79. The predicted octanol–water partition coefficient (Wildman–Crippen LogP) is 5.83. The number of anilines is 2. The summed E-state index contributed by atoms with van der Waals surface area (Å²) in [6.07, 6.45) is -2.86. The van der Waals surface area contributed by atoms with E-state index in [-0.39, 0.29) is 16.7 Å². The van der Waals surface area contributed by atoms with Crippen molar-refractivity contribution in [3.63, 3.8) is 0 Å². The molecule has 0 atom stereocenters. The van der Waals surface area contributed by atoms with Gasteiger partial charge in [-0.1, -0.05) is 29.3 Å². The summed E-state index contributed by atoms with van der Waals surface area (Å²) in [7, 11) is 3.65. The van der Waals surface area contributed by atoms with Crippen molar-refractivity contribution in [3.8, 4) is 11.6 Å². The van der Waals surface area contributed by atoms with Crippen molar-refractivity contribution in [2.75, 3.05) is 42.8 Å². The normalized spacial score (nSPS) is 15.2. The van der Waals surface area contributed by atoms with Crippen molar-refractivity contribution >= 4 is 46.8 Å². The van der Waals surface area contributed by atoms with Crippen LogP contribution in [0.15, 0.2) is 35.5 Å². The summed E-state index contributed by atoms with van der Waals surface area (Å²) in [4.78, 5) is 12.1. The van der Waals surface area contributed by atoms with Crippen molar-refractivity contribution in [2.45, 2.75) is 17.0 Å². The Morgan fingerprint density at radius 1 is 1.03 bits per heavy atom. The van der Waals surface area contributed by atoms with Crippen molar-refractivity contribution in [3.05, 3.63) is 46.3 Å². The number of benzene rings is 1. The molecule has 0 saturated carbocycles. The van der Waals surface area contributed by atoms with E-state index in [1.165, 1.54) is 16.9 Å². The van der Waals surface area contributed by atoms with Crippen molar-refractivity contribution in [1.82, 2.24) is 24.6 Å². The van der Waals surface area contributed by atoms with Crippen LogP contribution in [-0.4, -0.2) is 64.1 Å². The number of hydrogen-bond donors (Lipinski definition) is 1. The third-order valence-corrected chi connectivity index (χ3v) is 6.82. The number of alkyl halides is 5. The highest BCUT2D eigenvalue weighted by Gasteiger charge is 2.62. The van der Waals surface area contributed by atoms with Gasteiger partial charge in [-0.25, -0.2) is 0 Å². The van der Waals surface area contributed by atoms with Crippen LogP contribution < -0.4 is 14.4 Å². The third kappa shape index (κ3) is 5.97. The van der Waals surface area contributed by atoms with Gasteiger partial charge in [-0.2, -0.15) is 37.0 Å². The zero-order valence-electron chi connectivity index (χ0n) is 19.4. The molecule has 3 heterocycles. The van der Waals surface area contributed by atoms with Crippen LogP contribution >= 0.6 is 35.1 Å². The first-order valence-corrected chi connectivity index (χ1v) is 12.3. The average molecular weight is 584 g/mol. The largest absolute Gasteiger partial charge is 0.458 e. The molecule has 0 spiro atoms. The number of rotatable bonds is 7. The topological polar surface area (TPSA) is 71.3 Å². The summed E-state index contributed by atoms with van der Waals surface area (Å²) in [5.74, 6) is -7.02. The predicted molar refractivity (Wildman–Crippen MR) is 131 cm³/mol. The number of aromatic nitrogens is 4. The zero-order valence-corrected chi connectivity index (χ0v) is 21.7. The van der Waals surface area contributed by atoms with Crippen LogP contribution in [0.3, 0.4) is 0 Å². The second kappa shape index (κ2) is 10.7. The van der Waals surface area contributed by atoms with Crippen molar-refractivity contribution in [1.29, 1.82) is 0 Å². The highest BCUT2D eigenvalue weighted by atomic mass is 35.5. The van der Waals surface area contributed by atoms with Gasteiger partial charge in [0, 0.05) is 39.4 Å². The second-order valence-electron chi connectivity index (χ2n) is 8.13. The van der Waals surface area contributed by atoms with Crippen LogP contribution in [0.2, 0.25) is 10.2 Å². The van der Waals surface area contributed by atoms with Gasteiger partial charge in [-0.05, 0) is 31.1 Å². The minimum atomic E-state index is -5.98. The van der Waals surface area contributed by atoms with Gasteiger partial charge in [-0.3, -0.25) is 9.40 Å². The Bertz CT molecular complexity index is 1270. The summed E-state index contributed by atoms with van der Waals surface area (Å²) in [6, 6.07) is 4.60. The number of halogens is 7. The lowest BCUT2D eigenvalue weighted by molar-refractivity contribution is -0.289. The van der Waals surface area contributed by atoms with Crippen LogP contribution in [0.5, 0.6) is 11.6 Å². The number of nitrogens with zero attached hydrogens (tertiary/aromatic N) is 6. The fourth-order valence-corrected chi connectivity index (χ4v) is 4.64. The lowest BCUT2D eigenvalue weighted by atomic mass is 10.1. The number of aryl methyl sites for hydroxylation is 1. The molecule has 2 aromatic heterocycles. The monoisotopic (exact) mass is 583 g/mol. The number of piperazine rings is 1. The molecule has 16 heteroatoms. The Morgan fingerprint density at radius 3 is 2.35 bits per heavy atom. The number of nitrogens with one attached hydrogen (secondary N) is 1. The van der Waals surface area contributed by atoms with Gasteiger partial charge >= 0.3 is 12.1 Å². The van der Waals surface area contributed by atoms with E-state index in [0.717, 1.165) is 25.0 Å². The third-order valence-electron chi connectivity index (χ3n) is 5.44. The van der Waals surface area contributed by atoms with Gasteiger partial charge in [0.05, 0.1) is 16.8 Å². The van der Waals surface area contributed by atoms with Crippen LogP contribution in [0.25, 0.3) is 0 Å². The first kappa shape index (κ1) is 27.5. The Kier molecular flexibility index (Phi) is 7.93. The maximum absolute atomic E-state index is 14.5. The fraction of sp³-hybridized carbons (Fsp3) is 0.381. The summed E-state index contributed by atoms with van der Waals surface area (Å²) >= 11 is 13.3. The quantitative estimate of drug-likeness (QED) is 0.211. The lowest BCUT2D eigenvalue weighted by Crippen LogP contribution is -2.44. The van der Waals surface area contributed by atoms with Gasteiger partial charge < -0.3 is 14.5 Å². The molecule has 8 nitrogen and oxygen atoms in total. The van der Waals surface area contributed by atoms with Gasteiger partial charge in [0.2, 0.25) is 11.8 Å². The van der Waals surface area contributed by atoms with Gasteiger partial charge in [0.25, 0.3) is 0 Å². The number of likely N-dealkylation sites (N-methyl/N-ethyl adjacent to an activating group) is 1. The van der Waals surface area contributed by atoms with E-state index in [4.69, 9.17) is 27.9 Å². The Labute approximate surface area is 222 Å². The van der Waals surface area contributed by atoms with E-state index >= 15 is 0 Å². The standard InChI is InChI=1S/C21H20Cl2F5N7OS/c1-33-6-8-35(9-7-33)13-4-3-5-14(16(13)22)36-18-15(20(24,25)21(26,27)28)17(23)30-19(31-18)32-37-12-10-29-34(2)11-12/h3-5,10-11H,6-9H2,1-2H3,(H,30,31,32). The molecule has 4 rings (SSSR count). The van der Waals surface area contributed by atoms with E-state index in [1.807, 2.05) is 11.9 Å². The molecule has 1 aliphatic rings. The molecule has 1 N–H and O–H groups in total. The Morgan fingerprint density at radius 2 is 1.73 bits per heavy atom. The number of hydrogen-bond acceptors (Lipinski definition) is 8. The minimum Gasteiger partial charge on any atom is -0.437 e. The van der Waals surface area contributed by atoms with Gasteiger partial charge in [-0.15, -0.1) is 0 Å². The first-order valence-electron chi connectivity index (χ1n) is 10.7. The molecule has 200 valence electrons. The Balaban J connectivity index is 1.72. The van der Waals surface area contributed by atoms with E-state index in [9.17, 15) is 22.0 Å². The van der Waals surface area contributed by atoms with Crippen molar-refractivity contribution in [2.24, 2.45) is 7.05 Å². The Hall–Kier alpha value is -2.55. The molecule has 0 amide bonds. The maximum atomic E-state index is 14.5. The van der Waals surface area contributed by atoms with Crippen molar-refractivity contribution < 1.29 is 26.7 Å². The van der Waals surface area contributed by atoms with E-state index in [1.54, 1.807) is 25.4 Å². The molecule has 1 aliphatic heterocycles. The van der Waals surface area contributed by atoms with E-state index < -0.39 is 28.7 Å². The van der Waals surface area contributed by atoms with Crippen LogP contribution in [0, 0.1) is 0 Å². The minimum absolute atomic E-state index is 0.0299. The van der Waals surface area contributed by atoms with E-state index in [0.29, 0.717) is 23.7 Å². The van der Waals surface area contributed by atoms with E-state index in [2.05, 4.69) is 24.7 Å². The molecule has 0 unspecified atom stereocenters. The highest BCUT2D eigenvalue weighted by Crippen LogP contribution is 2.50. The summed E-state index contributed by atoms with van der Waals surface area (Å²) < 4.78 is 78.7. The van der Waals surface area contributed by atoms with Crippen LogP contribution in [0.4, 0.5) is 33.6 Å². The molecule has 3 aromatic rings. The smallest absolute Gasteiger partial charge is 0.437 e. The average Bonchev–Trinajstić information content (AvgIpc) is 3.24. The first-order chi connectivity index (χ1) is 17.4. The van der Waals surface area contributed by atoms with Crippen LogP contribution in [-0.2, 0) is 13.0 Å². The fourth-order valence-electron chi connectivity index (χ4n) is 3.47. The molecule has 1 aromatic carbocycles. The summed E-state index contributed by atoms with van der Waals surface area (Å²) in [5.41, 5.74) is -1.18. The van der Waals surface area contributed by atoms with Gasteiger partial charge in [0.15, 0.2) is 0 Å². The zero-order chi connectivity index (χ0) is 27.0. The molecular weight excluding hydrogens is 564 g/mol.